The minimum atomic E-state index is -0.950. The van der Waals surface area contributed by atoms with Gasteiger partial charge in [-0.2, -0.15) is 0 Å². The number of Topliss-reactive ketones (excluding diaryl/α,β-unsaturated/α-hetero) is 4. The lowest BCUT2D eigenvalue weighted by atomic mass is 9.88. The van der Waals surface area contributed by atoms with E-state index in [0.717, 1.165) is 18.2 Å². The van der Waals surface area contributed by atoms with Crippen molar-refractivity contribution < 1.29 is 71.5 Å². The molecule has 10 rings (SSSR count). The number of hydrogen-bond acceptors (Lipinski definition) is 18. The van der Waals surface area contributed by atoms with Crippen LogP contribution >= 0.6 is 0 Å². The number of amides is 1. The molecule has 0 saturated heterocycles. The van der Waals surface area contributed by atoms with Crippen LogP contribution < -0.4 is 41.6 Å². The van der Waals surface area contributed by atoms with E-state index in [-0.39, 0.29) is 71.6 Å². The number of fused-ring (bicyclic) bond motifs is 2. The third-order valence-corrected chi connectivity index (χ3v) is 14.0. The maximum atomic E-state index is 13.2. The van der Waals surface area contributed by atoms with E-state index in [2.05, 4.69) is 21.2 Å². The molecule has 0 unspecified atom stereocenters. The molecule has 2 heterocycles. The first-order valence-corrected chi connectivity index (χ1v) is 25.8. The van der Waals surface area contributed by atoms with E-state index >= 15 is 0 Å². The fourth-order valence-electron chi connectivity index (χ4n) is 9.24. The number of ether oxygens (including phenoxy) is 5. The Morgan fingerprint density at radius 1 is 0.506 bits per heavy atom. The zero-order valence-electron chi connectivity index (χ0n) is 45.7. The van der Waals surface area contributed by atoms with Crippen LogP contribution in [0.25, 0.3) is 21.8 Å². The van der Waals surface area contributed by atoms with Gasteiger partial charge in [0.05, 0.1) is 48.8 Å². The van der Waals surface area contributed by atoms with E-state index in [1.54, 1.807) is 122 Å². The summed E-state index contributed by atoms with van der Waals surface area (Å²) in [5.74, 6) is 9.92. The summed E-state index contributed by atoms with van der Waals surface area (Å²) in [6.07, 6.45) is 5.84. The summed E-state index contributed by atoms with van der Waals surface area (Å²) in [6, 6.07) is 35.6. The molecule has 2 aliphatic rings. The van der Waals surface area contributed by atoms with Gasteiger partial charge in [-0.25, -0.2) is 25.3 Å². The Morgan fingerprint density at radius 2 is 0.831 bits per heavy atom. The molecule has 0 spiro atoms. The fraction of sp³-hybridized carbons (Fsp3) is 0.226. The largest absolute Gasteiger partial charge is 0.496 e. The Kier molecular flexibility index (Phi) is 20.6. The number of pyridine rings is 2. The van der Waals surface area contributed by atoms with E-state index in [1.807, 2.05) is 0 Å². The van der Waals surface area contributed by atoms with Gasteiger partial charge < -0.3 is 34.0 Å². The van der Waals surface area contributed by atoms with Crippen LogP contribution in [0.4, 0.5) is 8.78 Å². The Labute approximate surface area is 475 Å². The van der Waals surface area contributed by atoms with Crippen molar-refractivity contribution in [3.8, 4) is 34.5 Å². The summed E-state index contributed by atoms with van der Waals surface area (Å²) in [5, 5.41) is 15.3. The zero-order valence-corrected chi connectivity index (χ0v) is 45.7. The average molecular weight is 1140 g/mol. The normalized spacial score (nSPS) is 13.0. The number of esters is 1. The first-order valence-electron chi connectivity index (χ1n) is 25.8. The summed E-state index contributed by atoms with van der Waals surface area (Å²) >= 11 is 0. The van der Waals surface area contributed by atoms with Crippen LogP contribution in [0.15, 0.2) is 146 Å². The van der Waals surface area contributed by atoms with Gasteiger partial charge in [0.15, 0.2) is 23.1 Å². The van der Waals surface area contributed by atoms with Crippen molar-refractivity contribution in [1.82, 2.24) is 21.0 Å². The lowest BCUT2D eigenvalue weighted by Gasteiger charge is -2.14. The molecule has 0 radical (unpaired) electrons. The first-order chi connectivity index (χ1) is 40.1. The molecule has 2 fully saturated rings. The molecule has 1 amide bonds. The van der Waals surface area contributed by atoms with E-state index in [0.29, 0.717) is 93.1 Å². The van der Waals surface area contributed by atoms with Gasteiger partial charge in [-0.1, -0.05) is 48.5 Å². The number of aliphatic hydroxyl groups excluding tert-OH is 1. The first kappa shape index (κ1) is 61.2. The van der Waals surface area contributed by atoms with Gasteiger partial charge in [0.25, 0.3) is 5.91 Å². The quantitative estimate of drug-likeness (QED) is 0.0137. The Hall–Kier alpha value is -9.38. The highest BCUT2D eigenvalue weighted by molar-refractivity contribution is 6.12. The molecule has 21 heteroatoms. The van der Waals surface area contributed by atoms with Crippen LogP contribution in [-0.2, 0) is 49.6 Å². The number of hydrogen-bond donors (Lipinski definition) is 6. The van der Waals surface area contributed by atoms with Crippen molar-refractivity contribution in [2.45, 2.75) is 51.4 Å². The van der Waals surface area contributed by atoms with Crippen molar-refractivity contribution in [2.75, 3.05) is 28.4 Å². The number of nitrogens with zero attached hydrogens (tertiary/aromatic N) is 2. The third-order valence-electron chi connectivity index (χ3n) is 14.0. The summed E-state index contributed by atoms with van der Waals surface area (Å²) < 4.78 is 54.0. The van der Waals surface area contributed by atoms with Crippen molar-refractivity contribution >= 4 is 56.8 Å². The molecule has 0 aliphatic heterocycles. The number of hydrazine groups is 2. The topological polar surface area (TPSA) is 291 Å². The third kappa shape index (κ3) is 14.8. The summed E-state index contributed by atoms with van der Waals surface area (Å²) in [4.78, 5) is 85.2. The van der Waals surface area contributed by atoms with Gasteiger partial charge in [0.1, 0.15) is 51.7 Å². The number of benzene rings is 6. The molecule has 0 atom stereocenters. The maximum absolute atomic E-state index is 13.2. The van der Waals surface area contributed by atoms with Crippen LogP contribution in [0.3, 0.4) is 0 Å². The number of carbonyl (C=O) groups excluding carboxylic acids is 6. The molecular weight excluding hydrogens is 1070 g/mol. The van der Waals surface area contributed by atoms with Crippen LogP contribution in [0.1, 0.15) is 68.7 Å². The van der Waals surface area contributed by atoms with Gasteiger partial charge >= 0.3 is 5.97 Å². The SMILES string of the molecule is CO.COC(=O)c1cc2c(Oc3ccc(CC(=O)C4(C(=O)Cc5ccc(F)cc5)CC4)cc3)ccnc2cc1OC.COc1cc2nccc(Oc3ccc(CC(=O)C4(C(=O)Cc5ccc(F)cc5)CC4)cc3)c2cc1C(=O)NN.NNO. The number of nitrogens with one attached hydrogen (secondary N) is 2. The number of ketones is 4. The predicted molar refractivity (Wildman–Crippen MR) is 301 cm³/mol. The van der Waals surface area contributed by atoms with Crippen LogP contribution in [0.2, 0.25) is 0 Å². The molecule has 8 aromatic rings. The summed E-state index contributed by atoms with van der Waals surface area (Å²) in [5.41, 5.74) is 6.02. The van der Waals surface area contributed by atoms with Crippen LogP contribution in [-0.4, -0.2) is 83.7 Å². The van der Waals surface area contributed by atoms with Crippen molar-refractivity contribution in [3.05, 3.63) is 191 Å². The van der Waals surface area contributed by atoms with Crippen LogP contribution in [0.5, 0.6) is 34.5 Å². The van der Waals surface area contributed by atoms with E-state index in [1.165, 1.54) is 51.2 Å². The highest BCUT2D eigenvalue weighted by Crippen LogP contribution is 2.50. The molecule has 2 saturated carbocycles. The van der Waals surface area contributed by atoms with Crippen molar-refractivity contribution in [1.29, 1.82) is 0 Å². The minimum Gasteiger partial charge on any atom is -0.496 e. The number of carbonyl (C=O) groups is 6. The van der Waals surface area contributed by atoms with E-state index in [4.69, 9.17) is 39.8 Å². The maximum Gasteiger partial charge on any atom is 0.341 e. The number of halogens is 2. The molecule has 6 aromatic carbocycles. The zero-order chi connectivity index (χ0) is 59.8. The number of methoxy groups -OCH3 is 3. The van der Waals surface area contributed by atoms with Gasteiger partial charge in [-0.05, 0) is 121 Å². The van der Waals surface area contributed by atoms with Gasteiger partial charge in [0, 0.05) is 68.1 Å². The predicted octanol–water partition coefficient (Wildman–Crippen LogP) is 8.59. The van der Waals surface area contributed by atoms with Gasteiger partial charge in [0.2, 0.25) is 0 Å². The Morgan fingerprint density at radius 3 is 1.14 bits per heavy atom. The number of aromatic nitrogens is 2. The lowest BCUT2D eigenvalue weighted by Crippen LogP contribution is -2.30. The molecule has 8 N–H and O–H groups in total. The average Bonchev–Trinajstić information content (AvgIpc) is 4.63. The Bertz CT molecular complexity index is 3400. The summed E-state index contributed by atoms with van der Waals surface area (Å²) in [6.45, 7) is 0. The second kappa shape index (κ2) is 27.9. The highest BCUT2D eigenvalue weighted by Gasteiger charge is 2.55. The fourth-order valence-corrected chi connectivity index (χ4v) is 9.24. The molecule has 2 aliphatic carbocycles. The molecule has 19 nitrogen and oxygen atoms in total. The molecule has 0 bridgehead atoms. The highest BCUT2D eigenvalue weighted by atomic mass is 19.1. The minimum absolute atomic E-state index is 0.104. The monoisotopic (exact) mass is 1130 g/mol. The second-order valence-electron chi connectivity index (χ2n) is 19.2. The van der Waals surface area contributed by atoms with Crippen molar-refractivity contribution in [3.63, 3.8) is 0 Å². The lowest BCUT2D eigenvalue weighted by molar-refractivity contribution is -0.135. The van der Waals surface area contributed by atoms with E-state index in [9.17, 15) is 37.5 Å². The second-order valence-corrected chi connectivity index (χ2v) is 19.2. The molecule has 2 aromatic heterocycles. The van der Waals surface area contributed by atoms with Crippen molar-refractivity contribution in [2.24, 2.45) is 22.5 Å². The number of nitrogen functional groups attached to an aromatic ring is 1. The standard InChI is InChI=1S/C31H26FNO6.C30H26FN3O5.CH4O.H4N2O/c1-37-27-18-25-23(17-24(27)30(36)38-2)26(11-14-33-25)39-22-9-5-20(6-10-22)16-29(35)31(12-13-31)28(34)15-19-3-7-21(32)8-4-19;1-38-26-17-24-22(16-23(26)29(37)34-32)25(10-13-33-24)39-21-8-4-19(5-9-21)15-28(36)30(11-12-30)27(35)14-18-2-6-20(31)7-3-18;1-2;1-2-3/h3-11,14,17-18H,12-13,15-16H2,1-2H3;2-10,13,16-17H,11-12,14-15,32H2,1H3,(H,34,37);2H,1H3;2-3H,1H2. The van der Waals surface area contributed by atoms with Gasteiger partial charge in [-0.15, -0.1) is 5.59 Å². The summed E-state index contributed by atoms with van der Waals surface area (Å²) in [7, 11) is 5.21. The number of rotatable bonds is 20. The number of aliphatic hydroxyl groups is 1. The van der Waals surface area contributed by atoms with Crippen LogP contribution in [0, 0.1) is 22.5 Å². The number of nitrogens with two attached hydrogens (primary N) is 2. The molecular formula is C62H60F2N6O13. The van der Waals surface area contributed by atoms with Gasteiger partial charge in [-0.3, -0.25) is 39.4 Å². The molecule has 83 heavy (non-hydrogen) atoms. The Balaban J connectivity index is 0.000000222. The smallest absolute Gasteiger partial charge is 0.341 e. The van der Waals surface area contributed by atoms with E-state index < -0.39 is 22.7 Å². The molecule has 430 valence electrons.